The van der Waals surface area contributed by atoms with Crippen molar-refractivity contribution >= 4 is 22.5 Å². The molecule has 0 aliphatic heterocycles. The molecule has 1 aromatic heterocycles. The van der Waals surface area contributed by atoms with E-state index in [-0.39, 0.29) is 16.9 Å². The van der Waals surface area contributed by atoms with Crippen molar-refractivity contribution in [3.8, 4) is 0 Å². The maximum Gasteiger partial charge on any atom is 0.261 e. The first-order valence-corrected chi connectivity index (χ1v) is 6.48. The fourth-order valence-electron chi connectivity index (χ4n) is 2.21. The molecule has 1 aromatic carbocycles. The highest BCUT2D eigenvalue weighted by Gasteiger charge is 2.30. The third-order valence-corrected chi connectivity index (χ3v) is 3.41. The van der Waals surface area contributed by atoms with E-state index < -0.39 is 22.6 Å². The van der Waals surface area contributed by atoms with Crippen molar-refractivity contribution in [3.05, 3.63) is 39.9 Å². The SMILES string of the molecule is C[C@@H](Cl)c1nc2c(F)cc(F)cc2c(=O)n1C1CC1. The summed E-state index contributed by atoms with van der Waals surface area (Å²) in [5.41, 5.74) is -0.542. The molecular weight excluding hydrogens is 274 g/mol. The third-order valence-electron chi connectivity index (χ3n) is 3.22. The Morgan fingerprint density at radius 1 is 1.42 bits per heavy atom. The van der Waals surface area contributed by atoms with Crippen molar-refractivity contribution in [2.24, 2.45) is 0 Å². The van der Waals surface area contributed by atoms with Gasteiger partial charge in [-0.25, -0.2) is 13.8 Å². The average molecular weight is 285 g/mol. The topological polar surface area (TPSA) is 34.9 Å². The predicted molar refractivity (Wildman–Crippen MR) is 68.5 cm³/mol. The highest BCUT2D eigenvalue weighted by atomic mass is 35.5. The number of rotatable bonds is 2. The van der Waals surface area contributed by atoms with Crippen LogP contribution in [0.2, 0.25) is 0 Å². The van der Waals surface area contributed by atoms with Crippen LogP contribution < -0.4 is 5.56 Å². The average Bonchev–Trinajstić information content (AvgIpc) is 3.13. The van der Waals surface area contributed by atoms with E-state index in [0.29, 0.717) is 5.82 Å². The molecule has 1 aliphatic rings. The number of hydrogen-bond donors (Lipinski definition) is 0. The maximum absolute atomic E-state index is 13.7. The van der Waals surface area contributed by atoms with Gasteiger partial charge < -0.3 is 0 Å². The van der Waals surface area contributed by atoms with Gasteiger partial charge in [0, 0.05) is 12.1 Å². The molecule has 0 unspecified atom stereocenters. The Morgan fingerprint density at radius 2 is 2.11 bits per heavy atom. The number of hydrogen-bond acceptors (Lipinski definition) is 2. The summed E-state index contributed by atoms with van der Waals surface area (Å²) < 4.78 is 28.4. The van der Waals surface area contributed by atoms with E-state index in [1.165, 1.54) is 4.57 Å². The van der Waals surface area contributed by atoms with Crippen LogP contribution in [0.15, 0.2) is 16.9 Å². The molecule has 0 spiro atoms. The van der Waals surface area contributed by atoms with E-state index in [4.69, 9.17) is 11.6 Å². The van der Waals surface area contributed by atoms with E-state index in [9.17, 15) is 13.6 Å². The molecule has 6 heteroatoms. The van der Waals surface area contributed by atoms with Crippen LogP contribution in [0, 0.1) is 11.6 Å². The summed E-state index contributed by atoms with van der Waals surface area (Å²) in [5.74, 6) is -1.28. The summed E-state index contributed by atoms with van der Waals surface area (Å²) >= 11 is 6.02. The van der Waals surface area contributed by atoms with E-state index in [0.717, 1.165) is 25.0 Å². The fourth-order valence-corrected chi connectivity index (χ4v) is 2.37. The van der Waals surface area contributed by atoms with Crippen LogP contribution >= 0.6 is 11.6 Å². The Labute approximate surface area is 112 Å². The first-order valence-electron chi connectivity index (χ1n) is 6.04. The highest BCUT2D eigenvalue weighted by Crippen LogP contribution is 2.36. The molecule has 0 N–H and O–H groups in total. The molecular formula is C13H11ClF2N2O. The summed E-state index contributed by atoms with van der Waals surface area (Å²) in [6.07, 6.45) is 1.73. The molecule has 100 valence electrons. The zero-order valence-corrected chi connectivity index (χ0v) is 10.9. The van der Waals surface area contributed by atoms with Gasteiger partial charge in [0.15, 0.2) is 5.82 Å². The molecule has 1 saturated carbocycles. The fraction of sp³-hybridized carbons (Fsp3) is 0.385. The molecule has 0 bridgehead atoms. The number of fused-ring (bicyclic) bond motifs is 1. The lowest BCUT2D eigenvalue weighted by molar-refractivity contribution is 0.584. The molecule has 0 amide bonds. The molecule has 1 atom stereocenters. The summed E-state index contributed by atoms with van der Waals surface area (Å²) in [7, 11) is 0. The van der Waals surface area contributed by atoms with Gasteiger partial charge in [-0.1, -0.05) is 0 Å². The second kappa shape index (κ2) is 4.27. The first kappa shape index (κ1) is 12.5. The lowest BCUT2D eigenvalue weighted by Gasteiger charge is -2.14. The van der Waals surface area contributed by atoms with Crippen LogP contribution in [-0.4, -0.2) is 9.55 Å². The van der Waals surface area contributed by atoms with Gasteiger partial charge >= 0.3 is 0 Å². The number of alkyl halides is 1. The van der Waals surface area contributed by atoms with Crippen molar-refractivity contribution in [3.63, 3.8) is 0 Å². The smallest absolute Gasteiger partial charge is 0.261 e. The largest absolute Gasteiger partial charge is 0.292 e. The molecule has 19 heavy (non-hydrogen) atoms. The van der Waals surface area contributed by atoms with Gasteiger partial charge in [0.05, 0.1) is 10.8 Å². The lowest BCUT2D eigenvalue weighted by Crippen LogP contribution is -2.25. The second-order valence-corrected chi connectivity index (χ2v) is 5.43. The third kappa shape index (κ3) is 2.02. The van der Waals surface area contributed by atoms with Crippen LogP contribution in [0.5, 0.6) is 0 Å². The van der Waals surface area contributed by atoms with Crippen LogP contribution in [0.4, 0.5) is 8.78 Å². The van der Waals surface area contributed by atoms with Gasteiger partial charge in [-0.15, -0.1) is 11.6 Å². The first-order chi connectivity index (χ1) is 8.99. The Kier molecular flexibility index (Phi) is 2.82. The van der Waals surface area contributed by atoms with Crippen molar-refractivity contribution in [2.45, 2.75) is 31.2 Å². The maximum atomic E-state index is 13.7. The minimum absolute atomic E-state index is 0.0366. The van der Waals surface area contributed by atoms with E-state index in [1.54, 1.807) is 6.92 Å². The van der Waals surface area contributed by atoms with Crippen LogP contribution in [-0.2, 0) is 0 Å². The van der Waals surface area contributed by atoms with E-state index >= 15 is 0 Å². The Balaban J connectivity index is 2.43. The van der Waals surface area contributed by atoms with E-state index in [2.05, 4.69) is 4.98 Å². The lowest BCUT2D eigenvalue weighted by atomic mass is 10.2. The van der Waals surface area contributed by atoms with Gasteiger partial charge in [-0.3, -0.25) is 9.36 Å². The van der Waals surface area contributed by atoms with Crippen LogP contribution in [0.1, 0.15) is 37.0 Å². The Bertz CT molecular complexity index is 723. The Hall–Kier alpha value is -1.49. The van der Waals surface area contributed by atoms with Crippen molar-refractivity contribution in [2.75, 3.05) is 0 Å². The molecule has 3 nitrogen and oxygen atoms in total. The van der Waals surface area contributed by atoms with Crippen molar-refractivity contribution in [1.82, 2.24) is 9.55 Å². The minimum atomic E-state index is -0.839. The van der Waals surface area contributed by atoms with Gasteiger partial charge in [-0.05, 0) is 25.8 Å². The standard InChI is InChI=1S/C13H11ClF2N2O/c1-6(14)12-17-11-9(4-7(15)5-10(11)16)13(19)18(12)8-2-3-8/h4-6,8H,2-3H2,1H3/t6-/m1/s1. The van der Waals surface area contributed by atoms with Gasteiger partial charge in [0.2, 0.25) is 0 Å². The number of aromatic nitrogens is 2. The molecule has 2 aromatic rings. The predicted octanol–water partition coefficient (Wildman–Crippen LogP) is 3.31. The summed E-state index contributed by atoms with van der Waals surface area (Å²) in [5, 5.41) is -0.549. The molecule has 1 heterocycles. The summed E-state index contributed by atoms with van der Waals surface area (Å²) in [4.78, 5) is 16.5. The van der Waals surface area contributed by atoms with Gasteiger partial charge in [0.1, 0.15) is 17.2 Å². The van der Waals surface area contributed by atoms with E-state index in [1.807, 2.05) is 0 Å². The number of benzene rings is 1. The normalized spacial score (nSPS) is 16.8. The molecule has 1 aliphatic carbocycles. The monoisotopic (exact) mass is 284 g/mol. The summed E-state index contributed by atoms with van der Waals surface area (Å²) in [6.45, 7) is 1.68. The zero-order valence-electron chi connectivity index (χ0n) is 10.2. The zero-order chi connectivity index (χ0) is 13.7. The van der Waals surface area contributed by atoms with Crippen molar-refractivity contribution in [1.29, 1.82) is 0 Å². The highest BCUT2D eigenvalue weighted by molar-refractivity contribution is 6.20. The quantitative estimate of drug-likeness (QED) is 0.793. The van der Waals surface area contributed by atoms with Crippen LogP contribution in [0.25, 0.3) is 10.9 Å². The number of nitrogens with zero attached hydrogens (tertiary/aromatic N) is 2. The van der Waals surface area contributed by atoms with Gasteiger partial charge in [-0.2, -0.15) is 0 Å². The van der Waals surface area contributed by atoms with Crippen LogP contribution in [0.3, 0.4) is 0 Å². The second-order valence-electron chi connectivity index (χ2n) is 4.78. The number of halogens is 3. The molecule has 0 saturated heterocycles. The molecule has 1 fully saturated rings. The minimum Gasteiger partial charge on any atom is -0.292 e. The van der Waals surface area contributed by atoms with Gasteiger partial charge in [0.25, 0.3) is 5.56 Å². The Morgan fingerprint density at radius 3 is 2.68 bits per heavy atom. The summed E-state index contributed by atoms with van der Waals surface area (Å²) in [6, 6.07) is 1.79. The molecule has 3 rings (SSSR count). The van der Waals surface area contributed by atoms with Crippen molar-refractivity contribution < 1.29 is 8.78 Å². The molecule has 0 radical (unpaired) electrons.